The first-order chi connectivity index (χ1) is 11.8. The maximum absolute atomic E-state index is 12.5. The van der Waals surface area contributed by atoms with E-state index in [2.05, 4.69) is 10.2 Å². The van der Waals surface area contributed by atoms with E-state index < -0.39 is 12.3 Å². The highest BCUT2D eigenvalue weighted by molar-refractivity contribution is 5.78. The predicted molar refractivity (Wildman–Crippen MR) is 83.9 cm³/mol. The van der Waals surface area contributed by atoms with Crippen molar-refractivity contribution in [2.24, 2.45) is 11.8 Å². The average Bonchev–Trinajstić information content (AvgIpc) is 3.01. The molecule has 1 aliphatic heterocycles. The van der Waals surface area contributed by atoms with Gasteiger partial charge < -0.3 is 13.9 Å². The summed E-state index contributed by atoms with van der Waals surface area (Å²) in [6, 6.07) is 2.85. The van der Waals surface area contributed by atoms with Crippen molar-refractivity contribution in [1.82, 2.24) is 19.7 Å². The maximum atomic E-state index is 12.5. The molecule has 1 aliphatic rings. The van der Waals surface area contributed by atoms with Crippen LogP contribution in [0, 0.1) is 11.8 Å². The quantitative estimate of drug-likeness (QED) is 0.822. The van der Waals surface area contributed by atoms with Crippen molar-refractivity contribution in [3.63, 3.8) is 0 Å². The first-order valence-corrected chi connectivity index (χ1v) is 7.96. The van der Waals surface area contributed by atoms with Crippen LogP contribution in [0.4, 0.5) is 8.78 Å². The van der Waals surface area contributed by atoms with Crippen molar-refractivity contribution in [1.29, 1.82) is 0 Å². The van der Waals surface area contributed by atoms with Crippen LogP contribution in [0.25, 0.3) is 11.5 Å². The molecule has 0 aliphatic carbocycles. The number of rotatable bonds is 5. The molecule has 1 saturated heterocycles. The van der Waals surface area contributed by atoms with Crippen LogP contribution < -0.4 is 5.56 Å². The summed E-state index contributed by atoms with van der Waals surface area (Å²) >= 11 is 0. The highest BCUT2D eigenvalue weighted by Crippen LogP contribution is 2.23. The second-order valence-corrected chi connectivity index (χ2v) is 6.42. The summed E-state index contributed by atoms with van der Waals surface area (Å²) in [6.07, 6.45) is -1.28. The van der Waals surface area contributed by atoms with Gasteiger partial charge in [-0.3, -0.25) is 9.59 Å². The maximum Gasteiger partial charge on any atom is 0.314 e. The number of carbonyl (C=O) groups excluding carboxylic acids is 1. The standard InChI is InChI=1S/C16H18F2N4O3/c1-9(2)16(24)22-7-10(8-22)6-21-4-3-11(5-12(21)23)14-19-20-15(25-14)13(17)18/h3-5,9-10,13H,6-8H2,1-2H3. The van der Waals surface area contributed by atoms with E-state index in [4.69, 9.17) is 4.42 Å². The number of nitrogens with zero attached hydrogens (tertiary/aromatic N) is 4. The van der Waals surface area contributed by atoms with E-state index in [0.29, 0.717) is 25.2 Å². The van der Waals surface area contributed by atoms with E-state index >= 15 is 0 Å². The zero-order chi connectivity index (χ0) is 18.1. The molecule has 0 aromatic carbocycles. The molecule has 0 saturated carbocycles. The van der Waals surface area contributed by atoms with Crippen molar-refractivity contribution in [2.75, 3.05) is 13.1 Å². The number of hydrogen-bond acceptors (Lipinski definition) is 5. The smallest absolute Gasteiger partial charge is 0.314 e. The summed E-state index contributed by atoms with van der Waals surface area (Å²) in [6.45, 7) is 5.47. The molecule has 0 spiro atoms. The van der Waals surface area contributed by atoms with Crippen LogP contribution in [-0.2, 0) is 11.3 Å². The van der Waals surface area contributed by atoms with Crippen LogP contribution in [0.3, 0.4) is 0 Å². The van der Waals surface area contributed by atoms with E-state index in [1.54, 1.807) is 17.2 Å². The molecule has 0 radical (unpaired) electrons. The van der Waals surface area contributed by atoms with Crippen LogP contribution in [0.5, 0.6) is 0 Å². The van der Waals surface area contributed by atoms with Crippen LogP contribution in [0.2, 0.25) is 0 Å². The Bertz CT molecular complexity index is 825. The van der Waals surface area contributed by atoms with Crippen molar-refractivity contribution in [3.05, 3.63) is 34.6 Å². The van der Waals surface area contributed by atoms with Gasteiger partial charge in [-0.25, -0.2) is 0 Å². The van der Waals surface area contributed by atoms with Crippen molar-refractivity contribution >= 4 is 5.91 Å². The van der Waals surface area contributed by atoms with E-state index in [-0.39, 0.29) is 29.2 Å². The molecule has 0 unspecified atom stereocenters. The summed E-state index contributed by atoms with van der Waals surface area (Å²) < 4.78 is 31.3. The number of amides is 1. The minimum absolute atomic E-state index is 0.0320. The Balaban J connectivity index is 1.65. The molecule has 1 fully saturated rings. The highest BCUT2D eigenvalue weighted by Gasteiger charge is 2.31. The van der Waals surface area contributed by atoms with Crippen LogP contribution in [-0.4, -0.2) is 38.7 Å². The monoisotopic (exact) mass is 352 g/mol. The van der Waals surface area contributed by atoms with Crippen LogP contribution in [0.15, 0.2) is 27.5 Å². The van der Waals surface area contributed by atoms with Crippen LogP contribution in [0.1, 0.15) is 26.2 Å². The number of pyridine rings is 1. The fourth-order valence-electron chi connectivity index (χ4n) is 2.74. The molecule has 7 nitrogen and oxygen atoms in total. The molecule has 1 amide bonds. The van der Waals surface area contributed by atoms with Gasteiger partial charge in [0.1, 0.15) is 0 Å². The SMILES string of the molecule is CC(C)C(=O)N1CC(Cn2ccc(-c3nnc(C(F)F)o3)cc2=O)C1. The molecule has 9 heteroatoms. The van der Waals surface area contributed by atoms with Gasteiger partial charge in [0, 0.05) is 49.3 Å². The minimum atomic E-state index is -2.85. The van der Waals surface area contributed by atoms with E-state index in [1.165, 1.54) is 10.6 Å². The Hall–Kier alpha value is -2.58. The number of alkyl halides is 2. The van der Waals surface area contributed by atoms with Gasteiger partial charge in [0.15, 0.2) is 0 Å². The molecule has 25 heavy (non-hydrogen) atoms. The van der Waals surface area contributed by atoms with Crippen molar-refractivity contribution in [3.8, 4) is 11.5 Å². The zero-order valence-corrected chi connectivity index (χ0v) is 13.9. The zero-order valence-electron chi connectivity index (χ0n) is 13.9. The fourth-order valence-corrected chi connectivity index (χ4v) is 2.74. The van der Waals surface area contributed by atoms with E-state index in [1.807, 2.05) is 13.8 Å². The van der Waals surface area contributed by atoms with Gasteiger partial charge >= 0.3 is 6.43 Å². The Morgan fingerprint density at radius 2 is 2.08 bits per heavy atom. The van der Waals surface area contributed by atoms with Gasteiger partial charge in [-0.15, -0.1) is 10.2 Å². The van der Waals surface area contributed by atoms with Gasteiger partial charge in [-0.1, -0.05) is 13.8 Å². The number of halogens is 2. The molecule has 0 bridgehead atoms. The lowest BCUT2D eigenvalue weighted by atomic mass is 9.98. The van der Waals surface area contributed by atoms with Gasteiger partial charge in [-0.05, 0) is 6.07 Å². The third-order valence-electron chi connectivity index (χ3n) is 4.09. The third kappa shape index (κ3) is 3.59. The highest BCUT2D eigenvalue weighted by atomic mass is 19.3. The number of carbonyl (C=O) groups is 1. The molecular formula is C16H18F2N4O3. The van der Waals surface area contributed by atoms with Gasteiger partial charge in [0.05, 0.1) is 0 Å². The third-order valence-corrected chi connectivity index (χ3v) is 4.09. The lowest BCUT2D eigenvalue weighted by Crippen LogP contribution is -2.53. The minimum Gasteiger partial charge on any atom is -0.415 e. The fraction of sp³-hybridized carbons (Fsp3) is 0.500. The predicted octanol–water partition coefficient (Wildman–Crippen LogP) is 1.95. The first kappa shape index (κ1) is 17.2. The molecule has 0 atom stereocenters. The number of aromatic nitrogens is 3. The summed E-state index contributed by atoms with van der Waals surface area (Å²) in [5, 5.41) is 6.76. The molecule has 134 valence electrons. The lowest BCUT2D eigenvalue weighted by Gasteiger charge is -2.40. The molecular weight excluding hydrogens is 334 g/mol. The van der Waals surface area contributed by atoms with E-state index in [0.717, 1.165) is 0 Å². The van der Waals surface area contributed by atoms with Gasteiger partial charge in [0.25, 0.3) is 11.4 Å². The average molecular weight is 352 g/mol. The molecule has 2 aromatic heterocycles. The summed E-state index contributed by atoms with van der Waals surface area (Å²) in [7, 11) is 0. The van der Waals surface area contributed by atoms with Crippen molar-refractivity contribution in [2.45, 2.75) is 26.8 Å². The summed E-state index contributed by atoms with van der Waals surface area (Å²) in [5.74, 6) is -0.582. The Labute approximate surface area is 142 Å². The first-order valence-electron chi connectivity index (χ1n) is 7.96. The van der Waals surface area contributed by atoms with E-state index in [9.17, 15) is 18.4 Å². The number of likely N-dealkylation sites (tertiary alicyclic amines) is 1. The topological polar surface area (TPSA) is 81.2 Å². The molecule has 3 heterocycles. The Morgan fingerprint density at radius 1 is 1.36 bits per heavy atom. The normalized spacial score (nSPS) is 15.0. The summed E-state index contributed by atoms with van der Waals surface area (Å²) in [5.41, 5.74) is 0.00815. The number of hydrogen-bond donors (Lipinski definition) is 0. The summed E-state index contributed by atoms with van der Waals surface area (Å²) in [4.78, 5) is 25.8. The Kier molecular flexibility index (Phi) is 4.65. The van der Waals surface area contributed by atoms with Crippen LogP contribution >= 0.6 is 0 Å². The lowest BCUT2D eigenvalue weighted by molar-refractivity contribution is -0.141. The van der Waals surface area contributed by atoms with Gasteiger partial charge in [0.2, 0.25) is 11.8 Å². The molecule has 2 aromatic rings. The van der Waals surface area contributed by atoms with Crippen molar-refractivity contribution < 1.29 is 18.0 Å². The second kappa shape index (κ2) is 6.73. The largest absolute Gasteiger partial charge is 0.415 e. The molecule has 3 rings (SSSR count). The van der Waals surface area contributed by atoms with Gasteiger partial charge in [-0.2, -0.15) is 8.78 Å². The Morgan fingerprint density at radius 3 is 2.64 bits per heavy atom. The molecule has 0 N–H and O–H groups in total. The second-order valence-electron chi connectivity index (χ2n) is 6.42.